The molecule has 0 saturated carbocycles. The molecule has 20 heavy (non-hydrogen) atoms. The zero-order valence-electron chi connectivity index (χ0n) is 11.3. The van der Waals surface area contributed by atoms with Gasteiger partial charge >= 0.3 is 0 Å². The molecule has 1 heterocycles. The Bertz CT molecular complexity index is 664. The van der Waals surface area contributed by atoms with Crippen molar-refractivity contribution in [2.75, 3.05) is 7.05 Å². The lowest BCUT2D eigenvalue weighted by atomic mass is 10.1. The molecule has 0 aliphatic carbocycles. The van der Waals surface area contributed by atoms with E-state index in [1.165, 1.54) is 23.4 Å². The van der Waals surface area contributed by atoms with Gasteiger partial charge in [0.15, 0.2) is 5.43 Å². The second-order valence-electron chi connectivity index (χ2n) is 4.61. The first-order valence-electron chi connectivity index (χ1n) is 6.32. The second kappa shape index (κ2) is 6.16. The number of nitrogens with two attached hydrogens (primary N) is 1. The maximum absolute atomic E-state index is 12.2. The Morgan fingerprint density at radius 2 is 2.05 bits per heavy atom. The summed E-state index contributed by atoms with van der Waals surface area (Å²) in [6.45, 7) is 0.894. The molecule has 0 unspecified atom stereocenters. The molecule has 1 aromatic carbocycles. The zero-order chi connectivity index (χ0) is 14.5. The molecule has 1 aromatic heterocycles. The number of carbonyl (C=O) groups excluding carboxylic acids is 1. The van der Waals surface area contributed by atoms with Crippen molar-refractivity contribution in [2.24, 2.45) is 5.73 Å². The molecular weight excluding hydrogens is 254 g/mol. The maximum Gasteiger partial charge on any atom is 0.259 e. The fourth-order valence-corrected chi connectivity index (χ4v) is 1.99. The van der Waals surface area contributed by atoms with E-state index in [0.717, 1.165) is 11.1 Å². The first-order valence-corrected chi connectivity index (χ1v) is 6.32. The van der Waals surface area contributed by atoms with Gasteiger partial charge in [-0.2, -0.15) is 0 Å². The number of nitrogens with one attached hydrogen (secondary N) is 1. The van der Waals surface area contributed by atoms with Crippen molar-refractivity contribution in [3.63, 3.8) is 0 Å². The number of hydrogen-bond acceptors (Lipinski definition) is 3. The summed E-state index contributed by atoms with van der Waals surface area (Å²) in [7, 11) is 1.67. The van der Waals surface area contributed by atoms with Crippen LogP contribution in [0.15, 0.2) is 47.5 Å². The van der Waals surface area contributed by atoms with E-state index in [9.17, 15) is 9.59 Å². The van der Waals surface area contributed by atoms with Gasteiger partial charge in [-0.3, -0.25) is 9.59 Å². The Balaban J connectivity index is 2.15. The Kier molecular flexibility index (Phi) is 4.32. The van der Waals surface area contributed by atoms with Crippen LogP contribution in [0.5, 0.6) is 0 Å². The van der Waals surface area contributed by atoms with Crippen molar-refractivity contribution in [1.82, 2.24) is 9.88 Å². The smallest absolute Gasteiger partial charge is 0.259 e. The van der Waals surface area contributed by atoms with Crippen LogP contribution >= 0.6 is 0 Å². The molecule has 1 amide bonds. The molecule has 2 rings (SSSR count). The van der Waals surface area contributed by atoms with Gasteiger partial charge in [0.05, 0.1) is 0 Å². The summed E-state index contributed by atoms with van der Waals surface area (Å²) in [6, 6.07) is 9.08. The summed E-state index contributed by atoms with van der Waals surface area (Å²) in [6.07, 6.45) is 2.93. The van der Waals surface area contributed by atoms with E-state index in [4.69, 9.17) is 5.73 Å². The molecule has 104 valence electrons. The fraction of sp³-hybridized carbons (Fsp3) is 0.200. The molecule has 0 bridgehead atoms. The molecule has 0 radical (unpaired) electrons. The molecule has 0 atom stereocenters. The number of pyridine rings is 1. The second-order valence-corrected chi connectivity index (χ2v) is 4.61. The van der Waals surface area contributed by atoms with E-state index in [0.29, 0.717) is 13.1 Å². The van der Waals surface area contributed by atoms with Crippen LogP contribution in [0, 0.1) is 0 Å². The average Bonchev–Trinajstić information content (AvgIpc) is 2.47. The summed E-state index contributed by atoms with van der Waals surface area (Å²) in [5, 5.41) is 0. The largest absolute Gasteiger partial charge is 0.367 e. The molecule has 0 saturated heterocycles. The van der Waals surface area contributed by atoms with E-state index in [1.807, 2.05) is 24.3 Å². The molecular formula is C15H17N3O2. The maximum atomic E-state index is 12.2. The normalized spacial score (nSPS) is 10.3. The highest BCUT2D eigenvalue weighted by Gasteiger charge is 2.14. The molecule has 2 aromatic rings. The molecule has 5 nitrogen and oxygen atoms in total. The number of H-pyrrole nitrogens is 1. The first-order chi connectivity index (χ1) is 9.61. The van der Waals surface area contributed by atoms with Crippen LogP contribution in [0.1, 0.15) is 21.5 Å². The van der Waals surface area contributed by atoms with Gasteiger partial charge < -0.3 is 15.6 Å². The van der Waals surface area contributed by atoms with Gasteiger partial charge in [-0.15, -0.1) is 0 Å². The van der Waals surface area contributed by atoms with E-state index in [2.05, 4.69) is 4.98 Å². The molecule has 0 fully saturated rings. The Morgan fingerprint density at radius 3 is 2.75 bits per heavy atom. The molecule has 3 N–H and O–H groups in total. The van der Waals surface area contributed by atoms with Crippen LogP contribution < -0.4 is 11.2 Å². The summed E-state index contributed by atoms with van der Waals surface area (Å²) in [5.74, 6) is -0.301. The van der Waals surface area contributed by atoms with Gasteiger partial charge in [-0.05, 0) is 11.1 Å². The lowest BCUT2D eigenvalue weighted by molar-refractivity contribution is 0.0783. The highest BCUT2D eigenvalue weighted by atomic mass is 16.2. The molecule has 0 aliphatic rings. The van der Waals surface area contributed by atoms with Crippen molar-refractivity contribution in [1.29, 1.82) is 0 Å². The van der Waals surface area contributed by atoms with Crippen molar-refractivity contribution in [3.05, 3.63) is 69.6 Å². The van der Waals surface area contributed by atoms with Crippen LogP contribution in [0.3, 0.4) is 0 Å². The van der Waals surface area contributed by atoms with Gasteiger partial charge in [0.2, 0.25) is 0 Å². The average molecular weight is 271 g/mol. The Morgan fingerprint density at radius 1 is 1.30 bits per heavy atom. The lowest BCUT2D eigenvalue weighted by Crippen LogP contribution is -2.30. The van der Waals surface area contributed by atoms with Gasteiger partial charge in [-0.25, -0.2) is 0 Å². The van der Waals surface area contributed by atoms with E-state index < -0.39 is 0 Å². The minimum Gasteiger partial charge on any atom is -0.367 e. The summed E-state index contributed by atoms with van der Waals surface area (Å²) in [4.78, 5) is 28.1. The Labute approximate surface area is 117 Å². The predicted octanol–water partition coefficient (Wildman–Crippen LogP) is 1.11. The number of hydrogen-bond donors (Lipinski definition) is 2. The summed E-state index contributed by atoms with van der Waals surface area (Å²) >= 11 is 0. The third-order valence-corrected chi connectivity index (χ3v) is 3.05. The van der Waals surface area contributed by atoms with Crippen molar-refractivity contribution >= 4 is 5.91 Å². The lowest BCUT2D eigenvalue weighted by Gasteiger charge is -2.17. The number of amides is 1. The fourth-order valence-electron chi connectivity index (χ4n) is 1.99. The molecule has 5 heteroatoms. The van der Waals surface area contributed by atoms with E-state index >= 15 is 0 Å². The SMILES string of the molecule is CN(Cc1cccc(CN)c1)C(=O)c1c[nH]ccc1=O. The standard InChI is InChI=1S/C15H17N3O2/c1-18(10-12-4-2-3-11(7-12)8-16)15(20)13-9-17-6-5-14(13)19/h2-7,9H,8,10,16H2,1H3,(H,17,19). The topological polar surface area (TPSA) is 79.2 Å². The number of rotatable bonds is 4. The van der Waals surface area contributed by atoms with Crippen molar-refractivity contribution in [2.45, 2.75) is 13.1 Å². The first kappa shape index (κ1) is 14.0. The van der Waals surface area contributed by atoms with Gasteiger partial charge in [0.1, 0.15) is 5.56 Å². The van der Waals surface area contributed by atoms with Crippen LogP contribution in [0.2, 0.25) is 0 Å². The number of aromatic nitrogens is 1. The predicted molar refractivity (Wildman–Crippen MR) is 77.2 cm³/mol. The van der Waals surface area contributed by atoms with E-state index in [1.54, 1.807) is 7.05 Å². The van der Waals surface area contributed by atoms with Crippen LogP contribution in [0.4, 0.5) is 0 Å². The quantitative estimate of drug-likeness (QED) is 0.874. The monoisotopic (exact) mass is 271 g/mol. The number of aromatic amines is 1. The minimum absolute atomic E-state index is 0.143. The van der Waals surface area contributed by atoms with Gasteiger partial charge in [-0.1, -0.05) is 24.3 Å². The van der Waals surface area contributed by atoms with Gasteiger partial charge in [0, 0.05) is 38.6 Å². The molecule has 0 aliphatic heterocycles. The number of benzene rings is 1. The summed E-state index contributed by atoms with van der Waals surface area (Å²) < 4.78 is 0. The summed E-state index contributed by atoms with van der Waals surface area (Å²) in [5.41, 5.74) is 7.45. The number of nitrogens with zero attached hydrogens (tertiary/aromatic N) is 1. The molecule has 0 spiro atoms. The van der Waals surface area contributed by atoms with Crippen LogP contribution in [-0.2, 0) is 13.1 Å². The van der Waals surface area contributed by atoms with Crippen molar-refractivity contribution in [3.8, 4) is 0 Å². The number of carbonyl (C=O) groups is 1. The third-order valence-electron chi connectivity index (χ3n) is 3.05. The Hall–Kier alpha value is -2.40. The van der Waals surface area contributed by atoms with Gasteiger partial charge in [0.25, 0.3) is 5.91 Å². The zero-order valence-corrected chi connectivity index (χ0v) is 11.3. The minimum atomic E-state index is -0.301. The van der Waals surface area contributed by atoms with E-state index in [-0.39, 0.29) is 16.9 Å². The van der Waals surface area contributed by atoms with Crippen molar-refractivity contribution < 1.29 is 4.79 Å². The third kappa shape index (κ3) is 3.13. The van der Waals surface area contributed by atoms with Crippen LogP contribution in [0.25, 0.3) is 0 Å². The highest BCUT2D eigenvalue weighted by Crippen LogP contribution is 2.08. The van der Waals surface area contributed by atoms with Crippen LogP contribution in [-0.4, -0.2) is 22.8 Å². The highest BCUT2D eigenvalue weighted by molar-refractivity contribution is 5.93.